The fraction of sp³-hybridized carbons (Fsp3) is 0.364. The monoisotopic (exact) mass is 445 g/mol. The molecule has 1 aromatic carbocycles. The lowest BCUT2D eigenvalue weighted by Gasteiger charge is -2.28. The third-order valence-corrected chi connectivity index (χ3v) is 4.93. The van der Waals surface area contributed by atoms with Gasteiger partial charge in [0.05, 0.1) is 6.54 Å². The second kappa shape index (κ2) is 10.3. The third kappa shape index (κ3) is 6.09. The van der Waals surface area contributed by atoms with Crippen molar-refractivity contribution in [1.29, 1.82) is 0 Å². The number of hydrogen-bond donors (Lipinski definition) is 0. The van der Waals surface area contributed by atoms with E-state index < -0.39 is 0 Å². The van der Waals surface area contributed by atoms with Gasteiger partial charge in [-0.05, 0) is 42.3 Å². The van der Waals surface area contributed by atoms with Gasteiger partial charge in [-0.2, -0.15) is 0 Å². The Kier molecular flexibility index (Phi) is 8.05. The normalized spacial score (nSPS) is 10.8. The molecule has 1 aromatic heterocycles. The van der Waals surface area contributed by atoms with Crippen molar-refractivity contribution in [2.45, 2.75) is 20.4 Å². The molecule has 0 bridgehead atoms. The summed E-state index contributed by atoms with van der Waals surface area (Å²) in [5.41, 5.74) is 1.61. The average Bonchev–Trinajstić information content (AvgIpc) is 3.05. The lowest BCUT2D eigenvalue weighted by Crippen LogP contribution is -2.44. The predicted molar refractivity (Wildman–Crippen MR) is 116 cm³/mol. The Morgan fingerprint density at radius 1 is 1.18 bits per heavy atom. The van der Waals surface area contributed by atoms with Crippen LogP contribution < -0.4 is 0 Å². The van der Waals surface area contributed by atoms with Crippen LogP contribution in [0.5, 0.6) is 0 Å². The molecule has 0 unspecified atom stereocenters. The van der Waals surface area contributed by atoms with Crippen molar-refractivity contribution in [1.82, 2.24) is 14.4 Å². The van der Waals surface area contributed by atoms with Crippen LogP contribution in [0.2, 0.25) is 0 Å². The molecule has 2 rings (SSSR count). The summed E-state index contributed by atoms with van der Waals surface area (Å²) in [5, 5.41) is 0. The second-order valence-electron chi connectivity index (χ2n) is 7.26. The van der Waals surface area contributed by atoms with E-state index in [1.165, 1.54) is 4.90 Å². The Hall–Kier alpha value is -2.34. The first-order valence-corrected chi connectivity index (χ1v) is 10.1. The largest absolute Gasteiger partial charge is 0.353 e. The molecule has 5 nitrogen and oxygen atoms in total. The molecule has 0 atom stereocenters. The van der Waals surface area contributed by atoms with Gasteiger partial charge in [0.1, 0.15) is 6.54 Å². The first-order valence-electron chi connectivity index (χ1n) is 9.35. The molecular formula is C22H28BrN3O2. The summed E-state index contributed by atoms with van der Waals surface area (Å²) in [6.45, 7) is 9.41. The standard InChI is InChI=1S/C22H28BrN3O2/c1-5-12-25(22(28)18-8-10-19(23)11-9-18)16-21(27)26(14-17(2)3)15-20-7-6-13-24(20)4/h5-11,13,17H,1,12,14-16H2,2-4H3. The van der Waals surface area contributed by atoms with Crippen LogP contribution in [0.3, 0.4) is 0 Å². The van der Waals surface area contributed by atoms with E-state index in [1.54, 1.807) is 18.2 Å². The summed E-state index contributed by atoms with van der Waals surface area (Å²) in [6, 6.07) is 11.1. The number of carbonyl (C=O) groups is 2. The highest BCUT2D eigenvalue weighted by atomic mass is 79.9. The number of rotatable bonds is 9. The van der Waals surface area contributed by atoms with Crippen molar-refractivity contribution in [3.63, 3.8) is 0 Å². The van der Waals surface area contributed by atoms with E-state index in [0.717, 1.165) is 10.2 Å². The highest BCUT2D eigenvalue weighted by Gasteiger charge is 2.23. The molecule has 0 aliphatic carbocycles. The summed E-state index contributed by atoms with van der Waals surface area (Å²) >= 11 is 3.37. The van der Waals surface area contributed by atoms with Crippen molar-refractivity contribution >= 4 is 27.7 Å². The molecule has 28 heavy (non-hydrogen) atoms. The van der Waals surface area contributed by atoms with Gasteiger partial charge in [-0.3, -0.25) is 9.59 Å². The van der Waals surface area contributed by atoms with Gasteiger partial charge in [-0.25, -0.2) is 0 Å². The van der Waals surface area contributed by atoms with E-state index in [2.05, 4.69) is 36.4 Å². The SMILES string of the molecule is C=CCN(CC(=O)N(Cc1cccn1C)CC(C)C)C(=O)c1ccc(Br)cc1. The quantitative estimate of drug-likeness (QED) is 0.545. The summed E-state index contributed by atoms with van der Waals surface area (Å²) in [6.07, 6.45) is 3.61. The molecule has 0 radical (unpaired) electrons. The van der Waals surface area contributed by atoms with E-state index in [9.17, 15) is 9.59 Å². The maximum absolute atomic E-state index is 13.1. The third-order valence-electron chi connectivity index (χ3n) is 4.40. The van der Waals surface area contributed by atoms with Gasteiger partial charge < -0.3 is 14.4 Å². The van der Waals surface area contributed by atoms with Gasteiger partial charge in [-0.1, -0.05) is 35.9 Å². The van der Waals surface area contributed by atoms with Gasteiger partial charge in [0.15, 0.2) is 0 Å². The zero-order valence-electron chi connectivity index (χ0n) is 16.8. The Labute approximate surface area is 175 Å². The lowest BCUT2D eigenvalue weighted by molar-refractivity contribution is -0.133. The molecule has 0 aliphatic heterocycles. The van der Waals surface area contributed by atoms with Crippen molar-refractivity contribution in [3.8, 4) is 0 Å². The molecule has 1 heterocycles. The molecular weight excluding hydrogens is 418 g/mol. The fourth-order valence-corrected chi connectivity index (χ4v) is 3.23. The van der Waals surface area contributed by atoms with Crippen LogP contribution >= 0.6 is 15.9 Å². The minimum absolute atomic E-state index is 0.0259. The molecule has 2 amide bonds. The Morgan fingerprint density at radius 3 is 2.39 bits per heavy atom. The summed E-state index contributed by atoms with van der Waals surface area (Å²) in [7, 11) is 1.97. The Balaban J connectivity index is 2.16. The van der Waals surface area contributed by atoms with Gasteiger partial charge in [0.2, 0.25) is 5.91 Å². The Bertz CT molecular complexity index is 811. The summed E-state index contributed by atoms with van der Waals surface area (Å²) in [4.78, 5) is 29.3. The highest BCUT2D eigenvalue weighted by Crippen LogP contribution is 2.14. The zero-order valence-corrected chi connectivity index (χ0v) is 18.4. The van der Waals surface area contributed by atoms with Crippen LogP contribution in [0.25, 0.3) is 0 Å². The molecule has 0 saturated carbocycles. The zero-order chi connectivity index (χ0) is 20.7. The van der Waals surface area contributed by atoms with E-state index >= 15 is 0 Å². The van der Waals surface area contributed by atoms with Crippen LogP contribution in [0.1, 0.15) is 29.9 Å². The first-order chi connectivity index (χ1) is 13.3. The summed E-state index contributed by atoms with van der Waals surface area (Å²) < 4.78 is 2.91. The highest BCUT2D eigenvalue weighted by molar-refractivity contribution is 9.10. The minimum atomic E-state index is -0.177. The fourth-order valence-electron chi connectivity index (χ4n) is 2.97. The van der Waals surface area contributed by atoms with Gasteiger partial charge in [-0.15, -0.1) is 6.58 Å². The number of nitrogens with zero attached hydrogens (tertiary/aromatic N) is 3. The lowest BCUT2D eigenvalue weighted by atomic mass is 10.2. The van der Waals surface area contributed by atoms with Gasteiger partial charge in [0, 0.05) is 42.1 Å². The average molecular weight is 446 g/mol. The van der Waals surface area contributed by atoms with E-state index in [4.69, 9.17) is 0 Å². The topological polar surface area (TPSA) is 45.6 Å². The van der Waals surface area contributed by atoms with Crippen LogP contribution in [-0.2, 0) is 18.4 Å². The number of benzene rings is 1. The molecule has 6 heteroatoms. The number of hydrogen-bond acceptors (Lipinski definition) is 2. The Morgan fingerprint density at radius 2 is 1.86 bits per heavy atom. The molecule has 0 fully saturated rings. The van der Waals surface area contributed by atoms with Crippen LogP contribution in [0, 0.1) is 5.92 Å². The predicted octanol–water partition coefficient (Wildman–Crippen LogP) is 4.10. The second-order valence-corrected chi connectivity index (χ2v) is 8.18. The minimum Gasteiger partial charge on any atom is -0.353 e. The number of aryl methyl sites for hydroxylation is 1. The van der Waals surface area contributed by atoms with Crippen LogP contribution in [0.15, 0.2) is 59.7 Å². The maximum Gasteiger partial charge on any atom is 0.254 e. The molecule has 0 spiro atoms. The van der Waals surface area contributed by atoms with E-state index in [1.807, 2.05) is 47.0 Å². The van der Waals surface area contributed by atoms with Crippen molar-refractivity contribution in [2.24, 2.45) is 13.0 Å². The van der Waals surface area contributed by atoms with Crippen LogP contribution in [-0.4, -0.2) is 45.8 Å². The van der Waals surface area contributed by atoms with Crippen molar-refractivity contribution in [2.75, 3.05) is 19.6 Å². The van der Waals surface area contributed by atoms with Gasteiger partial charge in [0.25, 0.3) is 5.91 Å². The number of carbonyl (C=O) groups excluding carboxylic acids is 2. The molecule has 150 valence electrons. The molecule has 0 saturated heterocycles. The van der Waals surface area contributed by atoms with Gasteiger partial charge >= 0.3 is 0 Å². The molecule has 0 aliphatic rings. The maximum atomic E-state index is 13.1. The smallest absolute Gasteiger partial charge is 0.254 e. The number of aromatic nitrogens is 1. The first kappa shape index (κ1) is 22.0. The van der Waals surface area contributed by atoms with E-state index in [-0.39, 0.29) is 18.4 Å². The molecule has 2 aromatic rings. The van der Waals surface area contributed by atoms with Crippen molar-refractivity contribution in [3.05, 3.63) is 71.0 Å². The summed E-state index contributed by atoms with van der Waals surface area (Å²) in [5.74, 6) is 0.0885. The molecule has 0 N–H and O–H groups in total. The number of amides is 2. The van der Waals surface area contributed by atoms with Crippen molar-refractivity contribution < 1.29 is 9.59 Å². The van der Waals surface area contributed by atoms with E-state index in [0.29, 0.717) is 31.1 Å². The van der Waals surface area contributed by atoms with Crippen LogP contribution in [0.4, 0.5) is 0 Å². The number of halogens is 1.